The van der Waals surface area contributed by atoms with Crippen molar-refractivity contribution >= 4 is 16.9 Å². The summed E-state index contributed by atoms with van der Waals surface area (Å²) in [6, 6.07) is 0. The first kappa shape index (κ1) is 16.4. The highest BCUT2D eigenvalue weighted by molar-refractivity contribution is 5.75. The van der Waals surface area contributed by atoms with Crippen molar-refractivity contribution in [3.05, 3.63) is 32.7 Å². The number of nitrogens with zero attached hydrogens (tertiary/aromatic N) is 5. The summed E-state index contributed by atoms with van der Waals surface area (Å²) < 4.78 is 5.43. The van der Waals surface area contributed by atoms with Gasteiger partial charge in [0, 0.05) is 25.5 Å². The Balaban J connectivity index is 2.39. The van der Waals surface area contributed by atoms with Crippen LogP contribution < -0.4 is 11.2 Å². The Labute approximate surface area is 135 Å². The van der Waals surface area contributed by atoms with Gasteiger partial charge in [0.2, 0.25) is 5.78 Å². The summed E-state index contributed by atoms with van der Waals surface area (Å²) in [5, 5.41) is 27.8. The van der Waals surface area contributed by atoms with Crippen LogP contribution in [-0.2, 0) is 20.1 Å². The maximum atomic E-state index is 12.7. The van der Waals surface area contributed by atoms with Crippen LogP contribution in [-0.4, -0.2) is 57.7 Å². The van der Waals surface area contributed by atoms with E-state index in [1.165, 1.54) is 11.6 Å². The van der Waals surface area contributed by atoms with E-state index in [2.05, 4.69) is 4.98 Å². The third-order valence-corrected chi connectivity index (χ3v) is 4.07. The molecule has 3 aromatic rings. The maximum Gasteiger partial charge on any atom is 0.332 e. The highest BCUT2D eigenvalue weighted by Gasteiger charge is 2.20. The molecule has 24 heavy (non-hydrogen) atoms. The average molecular weight is 337 g/mol. The minimum absolute atomic E-state index is 0.0831. The van der Waals surface area contributed by atoms with Crippen LogP contribution in [0.2, 0.25) is 0 Å². The lowest BCUT2D eigenvalue weighted by molar-refractivity contribution is 0.0791. The van der Waals surface area contributed by atoms with Crippen LogP contribution in [0.1, 0.15) is 5.69 Å². The molecule has 3 heterocycles. The van der Waals surface area contributed by atoms with Crippen LogP contribution >= 0.6 is 0 Å². The summed E-state index contributed by atoms with van der Waals surface area (Å²) in [6.07, 6.45) is 0.496. The second-order valence-corrected chi connectivity index (χ2v) is 5.69. The van der Waals surface area contributed by atoms with Gasteiger partial charge in [-0.05, 0) is 6.92 Å². The number of imidazole rings is 2. The molecule has 0 unspecified atom stereocenters. The number of aromatic nitrogens is 5. The molecular formula is C14H19N5O5. The van der Waals surface area contributed by atoms with Crippen molar-refractivity contribution in [3.8, 4) is 0 Å². The zero-order chi connectivity index (χ0) is 17.6. The topological polar surface area (TPSA) is 127 Å². The van der Waals surface area contributed by atoms with Gasteiger partial charge >= 0.3 is 5.69 Å². The van der Waals surface area contributed by atoms with Crippen molar-refractivity contribution < 1.29 is 15.3 Å². The normalized spacial score (nSPS) is 13.2. The van der Waals surface area contributed by atoms with E-state index in [9.17, 15) is 19.8 Å². The monoisotopic (exact) mass is 337 g/mol. The van der Waals surface area contributed by atoms with Crippen molar-refractivity contribution in [2.24, 2.45) is 7.05 Å². The fourth-order valence-electron chi connectivity index (χ4n) is 2.86. The first-order valence-corrected chi connectivity index (χ1v) is 7.48. The molecule has 130 valence electrons. The largest absolute Gasteiger partial charge is 0.395 e. The van der Waals surface area contributed by atoms with E-state index in [1.54, 1.807) is 15.2 Å². The molecule has 0 saturated heterocycles. The molecule has 0 aliphatic carbocycles. The molecule has 10 heteroatoms. The zero-order valence-corrected chi connectivity index (χ0v) is 13.4. The lowest BCUT2D eigenvalue weighted by Gasteiger charge is -2.10. The Hall–Kier alpha value is -2.43. The molecule has 0 saturated carbocycles. The van der Waals surface area contributed by atoms with Crippen LogP contribution in [0.25, 0.3) is 16.9 Å². The van der Waals surface area contributed by atoms with E-state index in [-0.39, 0.29) is 24.3 Å². The molecule has 1 atom stereocenters. The van der Waals surface area contributed by atoms with Crippen molar-refractivity contribution in [2.75, 3.05) is 13.2 Å². The van der Waals surface area contributed by atoms with Gasteiger partial charge in [-0.3, -0.25) is 18.3 Å². The van der Waals surface area contributed by atoms with E-state index >= 15 is 0 Å². The lowest BCUT2D eigenvalue weighted by Crippen LogP contribution is -2.42. The van der Waals surface area contributed by atoms with Crippen LogP contribution in [0, 0.1) is 6.92 Å². The number of aryl methyl sites for hydroxylation is 2. The smallest absolute Gasteiger partial charge is 0.332 e. The number of aliphatic hydroxyl groups is 3. The molecule has 0 bridgehead atoms. The zero-order valence-electron chi connectivity index (χ0n) is 13.4. The maximum absolute atomic E-state index is 12.7. The molecular weight excluding hydrogens is 318 g/mol. The Morgan fingerprint density at radius 1 is 1.25 bits per heavy atom. The summed E-state index contributed by atoms with van der Waals surface area (Å²) >= 11 is 0. The minimum Gasteiger partial charge on any atom is -0.395 e. The fraction of sp³-hybridized carbons (Fsp3) is 0.500. The summed E-state index contributed by atoms with van der Waals surface area (Å²) in [4.78, 5) is 29.5. The van der Waals surface area contributed by atoms with E-state index in [1.807, 2.05) is 6.92 Å². The molecule has 10 nitrogen and oxygen atoms in total. The van der Waals surface area contributed by atoms with E-state index in [0.717, 1.165) is 10.3 Å². The summed E-state index contributed by atoms with van der Waals surface area (Å²) in [5.74, 6) is 0.448. The SMILES string of the molecule is Cc1cn2c3c(=O)n(C[C@H](O)CO)c(=O)n(C)c3nc2n1CCO. The van der Waals surface area contributed by atoms with Crippen molar-refractivity contribution in [1.29, 1.82) is 0 Å². The van der Waals surface area contributed by atoms with Gasteiger partial charge in [-0.2, -0.15) is 4.98 Å². The standard InChI is InChI=1S/C14H19N5O5/c1-8-5-18-10-11(15-13(18)17(8)3-4-20)16(2)14(24)19(12(10)23)6-9(22)7-21/h5,9,20-22H,3-4,6-7H2,1-2H3/t9-/m0/s1. The van der Waals surface area contributed by atoms with Crippen molar-refractivity contribution in [3.63, 3.8) is 0 Å². The molecule has 0 spiro atoms. The van der Waals surface area contributed by atoms with Gasteiger partial charge < -0.3 is 19.9 Å². The summed E-state index contributed by atoms with van der Waals surface area (Å²) in [5.41, 5.74) is 0.0301. The Kier molecular flexibility index (Phi) is 4.03. The van der Waals surface area contributed by atoms with E-state index in [0.29, 0.717) is 12.3 Å². The number of rotatable bonds is 5. The number of hydrogen-bond donors (Lipinski definition) is 3. The highest BCUT2D eigenvalue weighted by Crippen LogP contribution is 2.15. The Bertz CT molecular complexity index is 1020. The molecule has 0 radical (unpaired) electrons. The molecule has 3 rings (SSSR count). The average Bonchev–Trinajstić information content (AvgIpc) is 3.06. The van der Waals surface area contributed by atoms with Gasteiger partial charge in [-0.15, -0.1) is 0 Å². The van der Waals surface area contributed by atoms with Gasteiger partial charge in [0.15, 0.2) is 11.2 Å². The van der Waals surface area contributed by atoms with Crippen molar-refractivity contribution in [1.82, 2.24) is 23.1 Å². The predicted octanol–water partition coefficient (Wildman–Crippen LogP) is -2.20. The molecule has 0 aromatic carbocycles. The van der Waals surface area contributed by atoms with Gasteiger partial charge in [0.25, 0.3) is 5.56 Å². The number of hydrogen-bond acceptors (Lipinski definition) is 6. The third kappa shape index (κ3) is 2.27. The molecule has 0 fully saturated rings. The van der Waals surface area contributed by atoms with Gasteiger partial charge in [-0.1, -0.05) is 0 Å². The first-order valence-electron chi connectivity index (χ1n) is 7.48. The van der Waals surface area contributed by atoms with E-state index in [4.69, 9.17) is 5.11 Å². The van der Waals surface area contributed by atoms with Crippen molar-refractivity contribution in [2.45, 2.75) is 26.1 Å². The van der Waals surface area contributed by atoms with Crippen LogP contribution in [0.3, 0.4) is 0 Å². The summed E-state index contributed by atoms with van der Waals surface area (Å²) in [7, 11) is 1.49. The molecule has 3 aromatic heterocycles. The number of aliphatic hydroxyl groups excluding tert-OH is 3. The van der Waals surface area contributed by atoms with Gasteiger partial charge in [-0.25, -0.2) is 4.79 Å². The fourth-order valence-corrected chi connectivity index (χ4v) is 2.86. The second kappa shape index (κ2) is 5.89. The van der Waals surface area contributed by atoms with E-state index < -0.39 is 24.0 Å². The quantitative estimate of drug-likeness (QED) is 0.485. The van der Waals surface area contributed by atoms with Gasteiger partial charge in [0.1, 0.15) is 0 Å². The second-order valence-electron chi connectivity index (χ2n) is 5.69. The Morgan fingerprint density at radius 2 is 1.96 bits per heavy atom. The molecule has 0 aliphatic heterocycles. The minimum atomic E-state index is -1.21. The molecule has 0 aliphatic rings. The molecule has 3 N–H and O–H groups in total. The molecule has 0 amide bonds. The predicted molar refractivity (Wildman–Crippen MR) is 85.1 cm³/mol. The van der Waals surface area contributed by atoms with Gasteiger partial charge in [0.05, 0.1) is 25.9 Å². The van der Waals surface area contributed by atoms with Crippen LogP contribution in [0.4, 0.5) is 0 Å². The van der Waals surface area contributed by atoms with Crippen LogP contribution in [0.15, 0.2) is 15.8 Å². The number of fused-ring (bicyclic) bond motifs is 3. The first-order chi connectivity index (χ1) is 11.4. The Morgan fingerprint density at radius 3 is 2.58 bits per heavy atom. The summed E-state index contributed by atoms with van der Waals surface area (Å²) in [6.45, 7) is 1.20. The van der Waals surface area contributed by atoms with Crippen LogP contribution in [0.5, 0.6) is 0 Å². The third-order valence-electron chi connectivity index (χ3n) is 4.07. The lowest BCUT2D eigenvalue weighted by atomic mass is 10.3. The highest BCUT2D eigenvalue weighted by atomic mass is 16.3.